The summed E-state index contributed by atoms with van der Waals surface area (Å²) in [5, 5.41) is 13.6. The first kappa shape index (κ1) is 47.7. The first-order chi connectivity index (χ1) is 26.8. The molecule has 2 aromatic carbocycles. The SMILES string of the molecule is CCC(CC)C(=O)/C=C(\O)C(CC)CC.[CH2-][n+]1ccc2c(C)c(-c3ccc(CC(C)(C)C(F)(F)F)cc3)sc2c1-c1[c-]c2sc3sc(C)c(C)c3c2c(C(C)C)c1.[Ir]. The van der Waals surface area contributed by atoms with Crippen molar-refractivity contribution in [3.05, 3.63) is 94.7 Å². The van der Waals surface area contributed by atoms with E-state index in [1.807, 2.05) is 85.4 Å². The molecule has 0 saturated heterocycles. The number of allylic oxidation sites excluding steroid dienone is 2. The summed E-state index contributed by atoms with van der Waals surface area (Å²) in [6.07, 6.45) is 2.62. The van der Waals surface area contributed by atoms with Gasteiger partial charge in [-0.15, -0.1) is 51.7 Å². The Hall–Kier alpha value is -3.01. The maximum atomic E-state index is 13.5. The Morgan fingerprint density at radius 2 is 1.50 bits per heavy atom. The summed E-state index contributed by atoms with van der Waals surface area (Å²) in [5.74, 6) is 0.892. The van der Waals surface area contributed by atoms with Gasteiger partial charge in [0.1, 0.15) is 5.69 Å². The normalized spacial score (nSPS) is 12.6. The summed E-state index contributed by atoms with van der Waals surface area (Å²) >= 11 is 5.41. The molecule has 4 aromatic heterocycles. The Morgan fingerprint density at radius 3 is 2.05 bits per heavy atom. The molecule has 58 heavy (non-hydrogen) atoms. The molecule has 0 aliphatic heterocycles. The third-order valence-corrected chi connectivity index (χ3v) is 15.3. The number of aromatic nitrogens is 1. The minimum atomic E-state index is -4.25. The van der Waals surface area contributed by atoms with Crippen molar-refractivity contribution in [2.24, 2.45) is 17.3 Å². The number of benzene rings is 2. The maximum Gasteiger partial charge on any atom is 0.394 e. The van der Waals surface area contributed by atoms with Crippen LogP contribution in [-0.4, -0.2) is 17.1 Å². The molecule has 0 amide bonds. The van der Waals surface area contributed by atoms with Gasteiger partial charge in [0.2, 0.25) is 0 Å². The molecule has 0 spiro atoms. The Bertz CT molecular complexity index is 2410. The van der Waals surface area contributed by atoms with Gasteiger partial charge in [0.15, 0.2) is 5.78 Å². The number of aliphatic hydroxyl groups is 1. The number of halogens is 3. The van der Waals surface area contributed by atoms with Crippen molar-refractivity contribution in [2.45, 2.75) is 120 Å². The number of hydrogen-bond acceptors (Lipinski definition) is 5. The van der Waals surface area contributed by atoms with E-state index < -0.39 is 11.6 Å². The van der Waals surface area contributed by atoms with Crippen LogP contribution in [-0.2, 0) is 31.3 Å². The maximum absolute atomic E-state index is 13.5. The Labute approximate surface area is 368 Å². The van der Waals surface area contributed by atoms with Gasteiger partial charge >= 0.3 is 6.18 Å². The fourth-order valence-electron chi connectivity index (χ4n) is 7.54. The second-order valence-corrected chi connectivity index (χ2v) is 19.8. The van der Waals surface area contributed by atoms with Crippen LogP contribution in [0.25, 0.3) is 51.3 Å². The molecule has 0 bridgehead atoms. The number of pyridine rings is 1. The second kappa shape index (κ2) is 19.1. The topological polar surface area (TPSA) is 41.2 Å². The molecule has 0 fully saturated rings. The second-order valence-electron chi connectivity index (χ2n) is 16.2. The Kier molecular flexibility index (Phi) is 15.7. The molecular weight excluding hydrogens is 968 g/mol. The van der Waals surface area contributed by atoms with E-state index in [1.54, 1.807) is 11.3 Å². The van der Waals surface area contributed by atoms with Crippen LogP contribution in [0.2, 0.25) is 0 Å². The summed E-state index contributed by atoms with van der Waals surface area (Å²) in [6, 6.07) is 15.8. The van der Waals surface area contributed by atoms with Crippen molar-refractivity contribution in [3.63, 3.8) is 0 Å². The molecule has 0 atom stereocenters. The van der Waals surface area contributed by atoms with Crippen molar-refractivity contribution in [1.82, 2.24) is 0 Å². The number of aliphatic hydroxyl groups excluding tert-OH is 1. The molecule has 6 rings (SSSR count). The Balaban J connectivity index is 0.000000398. The van der Waals surface area contributed by atoms with Crippen molar-refractivity contribution in [3.8, 4) is 21.7 Å². The number of carbonyl (C=O) groups excluding carboxylic acids is 1. The summed E-state index contributed by atoms with van der Waals surface area (Å²) in [6.45, 7) is 21.6. The van der Waals surface area contributed by atoms with Crippen molar-refractivity contribution in [1.29, 1.82) is 0 Å². The quantitative estimate of drug-likeness (QED) is 0.0574. The van der Waals surface area contributed by atoms with E-state index >= 15 is 0 Å². The zero-order valence-electron chi connectivity index (χ0n) is 35.6. The average molecular weight is 1030 g/mol. The van der Waals surface area contributed by atoms with E-state index in [0.717, 1.165) is 63.0 Å². The zero-order valence-corrected chi connectivity index (χ0v) is 40.4. The molecule has 0 saturated carbocycles. The summed E-state index contributed by atoms with van der Waals surface area (Å²) < 4.78 is 46.0. The zero-order chi connectivity index (χ0) is 42.1. The van der Waals surface area contributed by atoms with Gasteiger partial charge < -0.3 is 9.67 Å². The van der Waals surface area contributed by atoms with Crippen molar-refractivity contribution in [2.75, 3.05) is 0 Å². The molecule has 0 aliphatic rings. The van der Waals surface area contributed by atoms with E-state index in [9.17, 15) is 23.1 Å². The van der Waals surface area contributed by atoms with Gasteiger partial charge in [-0.1, -0.05) is 90.6 Å². The van der Waals surface area contributed by atoms with E-state index in [0.29, 0.717) is 11.5 Å². The molecule has 0 unspecified atom stereocenters. The van der Waals surface area contributed by atoms with Gasteiger partial charge in [-0.3, -0.25) is 4.79 Å². The van der Waals surface area contributed by atoms with Crippen LogP contribution in [0.1, 0.15) is 114 Å². The minimum Gasteiger partial charge on any atom is -0.512 e. The van der Waals surface area contributed by atoms with Gasteiger partial charge in [0.05, 0.1) is 26.1 Å². The standard InChI is InChI=1S/C35H33F3NS3.C13H24O2.Ir/c1-18(2)26-15-24(16-27-29(26)28-19(3)21(5)40-33(28)41-27)30-32-25(13-14-39(30)8)20(4)31(42-32)23-11-9-22(10-12-23)17-34(6,7)35(36,37)38;1-5-10(6-2)12(14)9-13(15)11(7-3)8-4;/h9-15,18H,8,17H2,1-7H3;9-11,14H,5-8H2,1-4H3;/q-1;;/b;12-9-;. The number of aryl methyl sites for hydroxylation is 3. The van der Waals surface area contributed by atoms with Gasteiger partial charge in [-0.05, 0) is 103 Å². The number of alkyl halides is 3. The van der Waals surface area contributed by atoms with Crippen LogP contribution in [0.5, 0.6) is 0 Å². The molecule has 3 nitrogen and oxygen atoms in total. The number of fused-ring (bicyclic) bond motifs is 4. The number of rotatable bonds is 12. The third kappa shape index (κ3) is 9.62. The van der Waals surface area contributed by atoms with Crippen molar-refractivity contribution < 1.29 is 47.7 Å². The number of nitrogens with zero attached hydrogens (tertiary/aromatic N) is 1. The minimum absolute atomic E-state index is 0. The van der Waals surface area contributed by atoms with Gasteiger partial charge in [-0.2, -0.15) is 13.2 Å². The van der Waals surface area contributed by atoms with Crippen molar-refractivity contribution >= 4 is 69.4 Å². The summed E-state index contributed by atoms with van der Waals surface area (Å²) in [4.78, 5) is 14.2. The molecule has 0 aliphatic carbocycles. The van der Waals surface area contributed by atoms with Gasteiger partial charge in [0, 0.05) is 54.8 Å². The predicted octanol–water partition coefficient (Wildman–Crippen LogP) is 15.4. The van der Waals surface area contributed by atoms with Crippen LogP contribution in [0.15, 0.2) is 54.4 Å². The van der Waals surface area contributed by atoms with E-state index in [4.69, 9.17) is 0 Å². The van der Waals surface area contributed by atoms with Crippen LogP contribution in [0, 0.1) is 51.1 Å². The molecule has 1 radical (unpaired) electrons. The first-order valence-corrected chi connectivity index (χ1v) is 22.5. The van der Waals surface area contributed by atoms with Crippen LogP contribution >= 0.6 is 34.0 Å². The van der Waals surface area contributed by atoms with Gasteiger partial charge in [-0.25, -0.2) is 0 Å². The third-order valence-electron chi connectivity index (χ3n) is 11.6. The van der Waals surface area contributed by atoms with E-state index in [2.05, 4.69) is 59.9 Å². The first-order valence-electron chi connectivity index (χ1n) is 20.1. The number of hydrogen-bond donors (Lipinski definition) is 1. The fourth-order valence-corrected chi connectivity index (χ4v) is 11.6. The molecule has 315 valence electrons. The largest absolute Gasteiger partial charge is 0.512 e. The fraction of sp³-hybridized carbons (Fsp3) is 0.438. The average Bonchev–Trinajstić information content (AvgIpc) is 3.77. The molecule has 4 heterocycles. The van der Waals surface area contributed by atoms with E-state index in [-0.39, 0.29) is 49.9 Å². The van der Waals surface area contributed by atoms with E-state index in [1.165, 1.54) is 55.4 Å². The monoisotopic (exact) mass is 1030 g/mol. The number of carbonyl (C=O) groups is 1. The summed E-state index contributed by atoms with van der Waals surface area (Å²) in [7, 11) is 4.35. The molecule has 10 heteroatoms. The number of thiophene rings is 3. The number of ketones is 1. The smallest absolute Gasteiger partial charge is 0.394 e. The van der Waals surface area contributed by atoms with Crippen LogP contribution in [0.3, 0.4) is 0 Å². The molecule has 1 N–H and O–H groups in total. The Morgan fingerprint density at radius 1 is 0.897 bits per heavy atom. The van der Waals surface area contributed by atoms with Gasteiger partial charge in [0.25, 0.3) is 0 Å². The van der Waals surface area contributed by atoms with Crippen LogP contribution < -0.4 is 4.57 Å². The summed E-state index contributed by atoms with van der Waals surface area (Å²) in [5.41, 5.74) is 5.83. The predicted molar refractivity (Wildman–Crippen MR) is 239 cm³/mol. The molecular formula is C48H57F3IrNO2S3-. The molecule has 6 aromatic rings. The van der Waals surface area contributed by atoms with Crippen LogP contribution in [0.4, 0.5) is 13.2 Å².